The van der Waals surface area contributed by atoms with E-state index in [0.717, 1.165) is 32.1 Å². The lowest BCUT2D eigenvalue weighted by atomic mass is 10.1. The third-order valence-corrected chi connectivity index (χ3v) is 1.47. The third kappa shape index (κ3) is 7.42. The van der Waals surface area contributed by atoms with Crippen molar-refractivity contribution in [3.63, 3.8) is 0 Å². The van der Waals surface area contributed by atoms with E-state index in [1.54, 1.807) is 0 Å². The molecule has 0 aliphatic carbocycles. The molecule has 0 radical (unpaired) electrons. The summed E-state index contributed by atoms with van der Waals surface area (Å²) < 4.78 is 0. The van der Waals surface area contributed by atoms with Gasteiger partial charge in [-0.3, -0.25) is 0 Å². The fraction of sp³-hybridized carbons (Fsp3) is 0.800. The lowest BCUT2D eigenvalue weighted by molar-refractivity contribution is 0.218. The third-order valence-electron chi connectivity index (χ3n) is 1.47. The molecule has 0 amide bonds. The molecular formula is C10H18O. The van der Waals surface area contributed by atoms with Crippen molar-refractivity contribution >= 4 is 0 Å². The predicted octanol–water partition coefficient (Wildman–Crippen LogP) is 2.34. The lowest BCUT2D eigenvalue weighted by Gasteiger charge is -1.99. The van der Waals surface area contributed by atoms with Crippen molar-refractivity contribution in [3.05, 3.63) is 0 Å². The average molecular weight is 154 g/mol. The first kappa shape index (κ1) is 10.5. The normalized spacial score (nSPS) is 11.9. The highest BCUT2D eigenvalue weighted by molar-refractivity contribution is 5.03. The molecule has 0 fully saturated rings. The molecule has 0 aliphatic heterocycles. The Hall–Kier alpha value is -0.480. The highest BCUT2D eigenvalue weighted by Crippen LogP contribution is 1.98. The Balaban J connectivity index is 3.36. The fourth-order valence-electron chi connectivity index (χ4n) is 0.785. The van der Waals surface area contributed by atoms with E-state index in [4.69, 9.17) is 0 Å². The summed E-state index contributed by atoms with van der Waals surface area (Å²) in [6.07, 6.45) is 4.62. The van der Waals surface area contributed by atoms with Crippen molar-refractivity contribution in [1.82, 2.24) is 0 Å². The van der Waals surface area contributed by atoms with E-state index < -0.39 is 0 Å². The molecular weight excluding hydrogens is 136 g/mol. The number of aliphatic hydroxyl groups is 1. The summed E-state index contributed by atoms with van der Waals surface area (Å²) in [7, 11) is 0. The van der Waals surface area contributed by atoms with Crippen molar-refractivity contribution in [2.75, 3.05) is 0 Å². The van der Waals surface area contributed by atoms with E-state index in [1.165, 1.54) is 0 Å². The van der Waals surface area contributed by atoms with Crippen LogP contribution in [-0.2, 0) is 0 Å². The van der Waals surface area contributed by atoms with E-state index in [0.29, 0.717) is 0 Å². The fourth-order valence-corrected chi connectivity index (χ4v) is 0.785. The standard InChI is InChI=1S/C10H18O/c1-3-5-7-9-10(11)8-6-4-2/h10-11H,3-6,8H2,1-2H3. The first-order valence-electron chi connectivity index (χ1n) is 4.47. The predicted molar refractivity (Wildman–Crippen MR) is 48.2 cm³/mol. The molecule has 0 spiro atoms. The second-order valence-electron chi connectivity index (χ2n) is 2.73. The lowest BCUT2D eigenvalue weighted by Crippen LogP contribution is -2.01. The molecule has 11 heavy (non-hydrogen) atoms. The minimum atomic E-state index is -0.388. The number of rotatable bonds is 4. The van der Waals surface area contributed by atoms with Gasteiger partial charge >= 0.3 is 0 Å². The molecule has 0 bridgehead atoms. The smallest absolute Gasteiger partial charge is 0.114 e. The van der Waals surface area contributed by atoms with Gasteiger partial charge in [0.15, 0.2) is 0 Å². The Labute approximate surface area is 69.8 Å². The van der Waals surface area contributed by atoms with Crippen LogP contribution < -0.4 is 0 Å². The SMILES string of the molecule is CCCC#CC(O)CCCC. The topological polar surface area (TPSA) is 20.2 Å². The number of unbranched alkanes of at least 4 members (excludes halogenated alkanes) is 2. The van der Waals surface area contributed by atoms with Crippen molar-refractivity contribution in [2.24, 2.45) is 0 Å². The molecule has 0 aromatic carbocycles. The maximum absolute atomic E-state index is 9.23. The Morgan fingerprint density at radius 3 is 2.55 bits per heavy atom. The first-order chi connectivity index (χ1) is 5.31. The first-order valence-corrected chi connectivity index (χ1v) is 4.47. The molecule has 0 saturated heterocycles. The number of aliphatic hydroxyl groups excluding tert-OH is 1. The van der Waals surface area contributed by atoms with Crippen LogP contribution in [0.3, 0.4) is 0 Å². The van der Waals surface area contributed by atoms with Gasteiger partial charge in [-0.05, 0) is 12.8 Å². The van der Waals surface area contributed by atoms with Crippen molar-refractivity contribution in [2.45, 2.75) is 52.1 Å². The average Bonchev–Trinajstić information content (AvgIpc) is 2.01. The van der Waals surface area contributed by atoms with Crippen LogP contribution in [0.2, 0.25) is 0 Å². The van der Waals surface area contributed by atoms with Gasteiger partial charge < -0.3 is 5.11 Å². The molecule has 1 N–H and O–H groups in total. The summed E-state index contributed by atoms with van der Waals surface area (Å²) in [6, 6.07) is 0. The minimum Gasteiger partial charge on any atom is -0.380 e. The summed E-state index contributed by atoms with van der Waals surface area (Å²) in [5.74, 6) is 5.77. The van der Waals surface area contributed by atoms with Gasteiger partial charge in [-0.2, -0.15) is 0 Å². The quantitative estimate of drug-likeness (QED) is 0.616. The van der Waals surface area contributed by atoms with Gasteiger partial charge in [0.1, 0.15) is 6.10 Å². The molecule has 0 aromatic heterocycles. The van der Waals surface area contributed by atoms with Crippen molar-refractivity contribution in [1.29, 1.82) is 0 Å². The van der Waals surface area contributed by atoms with Gasteiger partial charge in [0.2, 0.25) is 0 Å². The van der Waals surface area contributed by atoms with Gasteiger partial charge in [0, 0.05) is 6.42 Å². The zero-order valence-electron chi connectivity index (χ0n) is 7.56. The molecule has 1 atom stereocenters. The largest absolute Gasteiger partial charge is 0.380 e. The molecule has 1 nitrogen and oxygen atoms in total. The Bertz CT molecular complexity index is 130. The van der Waals surface area contributed by atoms with Crippen LogP contribution >= 0.6 is 0 Å². The van der Waals surface area contributed by atoms with E-state index >= 15 is 0 Å². The van der Waals surface area contributed by atoms with Crippen LogP contribution in [0.4, 0.5) is 0 Å². The molecule has 0 rings (SSSR count). The zero-order chi connectivity index (χ0) is 8.53. The maximum Gasteiger partial charge on any atom is 0.114 e. The number of hydrogen-bond donors (Lipinski definition) is 1. The zero-order valence-corrected chi connectivity index (χ0v) is 7.56. The van der Waals surface area contributed by atoms with E-state index in [1.807, 2.05) is 0 Å². The second-order valence-corrected chi connectivity index (χ2v) is 2.73. The monoisotopic (exact) mass is 154 g/mol. The molecule has 0 aromatic rings. The minimum absolute atomic E-state index is 0.388. The van der Waals surface area contributed by atoms with Crippen molar-refractivity contribution < 1.29 is 5.11 Å². The van der Waals surface area contributed by atoms with Crippen LogP contribution in [0, 0.1) is 11.8 Å². The van der Waals surface area contributed by atoms with Gasteiger partial charge in [-0.1, -0.05) is 32.6 Å². The highest BCUT2D eigenvalue weighted by Gasteiger charge is 1.95. The van der Waals surface area contributed by atoms with Gasteiger partial charge in [-0.15, -0.1) is 5.92 Å². The molecule has 0 saturated carbocycles. The van der Waals surface area contributed by atoms with Crippen LogP contribution in [0.1, 0.15) is 46.0 Å². The molecule has 64 valence electrons. The van der Waals surface area contributed by atoms with E-state index in [-0.39, 0.29) is 6.10 Å². The summed E-state index contributed by atoms with van der Waals surface area (Å²) in [6.45, 7) is 4.21. The van der Waals surface area contributed by atoms with Crippen LogP contribution in [0.25, 0.3) is 0 Å². The molecule has 1 unspecified atom stereocenters. The van der Waals surface area contributed by atoms with Crippen molar-refractivity contribution in [3.8, 4) is 11.8 Å². The van der Waals surface area contributed by atoms with E-state index in [9.17, 15) is 5.11 Å². The summed E-state index contributed by atoms with van der Waals surface area (Å²) in [5.41, 5.74) is 0. The molecule has 0 heterocycles. The number of hydrogen-bond acceptors (Lipinski definition) is 1. The molecule has 0 aliphatic rings. The highest BCUT2D eigenvalue weighted by atomic mass is 16.3. The Morgan fingerprint density at radius 1 is 1.27 bits per heavy atom. The second kappa shape index (κ2) is 7.63. The van der Waals surface area contributed by atoms with Gasteiger partial charge in [0.05, 0.1) is 0 Å². The van der Waals surface area contributed by atoms with Gasteiger partial charge in [-0.25, -0.2) is 0 Å². The Morgan fingerprint density at radius 2 is 2.00 bits per heavy atom. The maximum atomic E-state index is 9.23. The molecule has 1 heteroatoms. The van der Waals surface area contributed by atoms with Crippen LogP contribution in [-0.4, -0.2) is 11.2 Å². The van der Waals surface area contributed by atoms with Gasteiger partial charge in [0.25, 0.3) is 0 Å². The summed E-state index contributed by atoms with van der Waals surface area (Å²) in [5, 5.41) is 9.23. The van der Waals surface area contributed by atoms with Crippen LogP contribution in [0.5, 0.6) is 0 Å². The van der Waals surface area contributed by atoms with E-state index in [2.05, 4.69) is 25.7 Å². The summed E-state index contributed by atoms with van der Waals surface area (Å²) in [4.78, 5) is 0. The Kier molecular flexibility index (Phi) is 7.29. The summed E-state index contributed by atoms with van der Waals surface area (Å²) >= 11 is 0. The van der Waals surface area contributed by atoms with Crippen LogP contribution in [0.15, 0.2) is 0 Å².